The summed E-state index contributed by atoms with van der Waals surface area (Å²) in [6.07, 6.45) is 3.12. The van der Waals surface area contributed by atoms with Crippen LogP contribution in [0.25, 0.3) is 0 Å². The molecule has 0 aliphatic carbocycles. The van der Waals surface area contributed by atoms with Crippen LogP contribution in [0, 0.1) is 0 Å². The van der Waals surface area contributed by atoms with Crippen LogP contribution >= 0.6 is 0 Å². The number of Topliss-reactive ketones (excluding diaryl/α,β-unsaturated/α-hetero) is 1. The lowest BCUT2D eigenvalue weighted by Crippen LogP contribution is -2.22. The van der Waals surface area contributed by atoms with Gasteiger partial charge in [0.2, 0.25) is 5.78 Å². The molecule has 1 amide bonds. The van der Waals surface area contributed by atoms with Crippen LogP contribution in [0.2, 0.25) is 0 Å². The van der Waals surface area contributed by atoms with Gasteiger partial charge in [-0.05, 0) is 13.3 Å². The quantitative estimate of drug-likeness (QED) is 0.301. The highest BCUT2D eigenvalue weighted by molar-refractivity contribution is 6.38. The van der Waals surface area contributed by atoms with Gasteiger partial charge in [-0.25, -0.2) is 0 Å². The van der Waals surface area contributed by atoms with Crippen LogP contribution < -0.4 is 0 Å². The summed E-state index contributed by atoms with van der Waals surface area (Å²) in [5.74, 6) is -0.453. The SMILES string of the molecule is CCCCCC(=O)C(=O)N=C(C)N(C)C. The Labute approximate surface area is 91.4 Å². The fraction of sp³-hybridized carbons (Fsp3) is 0.727. The van der Waals surface area contributed by atoms with E-state index in [2.05, 4.69) is 11.9 Å². The lowest BCUT2D eigenvalue weighted by molar-refractivity contribution is -0.135. The molecule has 4 heteroatoms. The molecule has 0 heterocycles. The van der Waals surface area contributed by atoms with Crippen molar-refractivity contribution in [3.63, 3.8) is 0 Å². The summed E-state index contributed by atoms with van der Waals surface area (Å²) in [7, 11) is 3.57. The third-order valence-electron chi connectivity index (χ3n) is 2.16. The van der Waals surface area contributed by atoms with Gasteiger partial charge in [0.1, 0.15) is 5.84 Å². The molecular weight excluding hydrogens is 192 g/mol. The first-order valence-corrected chi connectivity index (χ1v) is 5.28. The fourth-order valence-corrected chi connectivity index (χ4v) is 0.952. The summed E-state index contributed by atoms with van der Waals surface area (Å²) in [4.78, 5) is 28.0. The molecular formula is C11H20N2O2. The van der Waals surface area contributed by atoms with Gasteiger partial charge in [-0.2, -0.15) is 4.99 Å². The zero-order chi connectivity index (χ0) is 11.8. The van der Waals surface area contributed by atoms with Gasteiger partial charge >= 0.3 is 5.91 Å². The molecule has 86 valence electrons. The maximum Gasteiger partial charge on any atom is 0.314 e. The van der Waals surface area contributed by atoms with Crippen molar-refractivity contribution in [2.24, 2.45) is 4.99 Å². The van der Waals surface area contributed by atoms with Crippen LogP contribution in [0.3, 0.4) is 0 Å². The number of carbonyl (C=O) groups excluding carboxylic acids is 2. The first-order valence-electron chi connectivity index (χ1n) is 5.28. The summed E-state index contributed by atoms with van der Waals surface area (Å²) in [5, 5.41) is 0. The molecule has 0 aromatic heterocycles. The Morgan fingerprint density at radius 2 is 1.80 bits per heavy atom. The molecule has 0 spiro atoms. The van der Waals surface area contributed by atoms with Crippen molar-refractivity contribution < 1.29 is 9.59 Å². The van der Waals surface area contributed by atoms with Crippen molar-refractivity contribution in [1.82, 2.24) is 4.90 Å². The van der Waals surface area contributed by atoms with Crippen LogP contribution in [0.1, 0.15) is 39.5 Å². The molecule has 0 atom stereocenters. The predicted octanol–water partition coefficient (Wildman–Crippen LogP) is 1.64. The van der Waals surface area contributed by atoms with Crippen LogP contribution in [-0.4, -0.2) is 36.5 Å². The molecule has 0 bridgehead atoms. The van der Waals surface area contributed by atoms with Gasteiger partial charge in [-0.3, -0.25) is 9.59 Å². The lowest BCUT2D eigenvalue weighted by Gasteiger charge is -2.09. The number of nitrogens with zero attached hydrogens (tertiary/aromatic N) is 2. The standard InChI is InChI=1S/C11H20N2O2/c1-5-6-7-8-10(14)11(15)12-9(2)13(3)4/h5-8H2,1-4H3. The highest BCUT2D eigenvalue weighted by atomic mass is 16.2. The fourth-order valence-electron chi connectivity index (χ4n) is 0.952. The van der Waals surface area contributed by atoms with E-state index in [1.54, 1.807) is 25.9 Å². The van der Waals surface area contributed by atoms with E-state index in [1.807, 2.05) is 0 Å². The second-order valence-corrected chi connectivity index (χ2v) is 3.74. The smallest absolute Gasteiger partial charge is 0.314 e. The number of rotatable bonds is 5. The van der Waals surface area contributed by atoms with Crippen LogP contribution in [0.15, 0.2) is 4.99 Å². The molecule has 0 aromatic rings. The number of ketones is 1. The van der Waals surface area contributed by atoms with E-state index in [0.717, 1.165) is 19.3 Å². The number of amidine groups is 1. The van der Waals surface area contributed by atoms with Crippen molar-refractivity contribution in [3.05, 3.63) is 0 Å². The first kappa shape index (κ1) is 13.8. The van der Waals surface area contributed by atoms with Gasteiger partial charge in [-0.1, -0.05) is 19.8 Å². The molecule has 0 rings (SSSR count). The molecule has 4 nitrogen and oxygen atoms in total. The second kappa shape index (κ2) is 7.15. The topological polar surface area (TPSA) is 49.7 Å². The molecule has 0 radical (unpaired) electrons. The second-order valence-electron chi connectivity index (χ2n) is 3.74. The number of aliphatic imine (C=N–C) groups is 1. The molecule has 0 aliphatic heterocycles. The van der Waals surface area contributed by atoms with Crippen molar-refractivity contribution in [2.75, 3.05) is 14.1 Å². The Morgan fingerprint density at radius 3 is 2.27 bits per heavy atom. The minimum Gasteiger partial charge on any atom is -0.366 e. The van der Waals surface area contributed by atoms with Gasteiger partial charge in [0.15, 0.2) is 0 Å². The number of amides is 1. The number of unbranched alkanes of at least 4 members (excludes halogenated alkanes) is 2. The zero-order valence-corrected chi connectivity index (χ0v) is 10.0. The maximum atomic E-state index is 11.3. The normalized spacial score (nSPS) is 11.3. The Balaban J connectivity index is 4.10. The zero-order valence-electron chi connectivity index (χ0n) is 10.0. The highest BCUT2D eigenvalue weighted by Crippen LogP contribution is 2.01. The summed E-state index contributed by atoms with van der Waals surface area (Å²) in [6, 6.07) is 0. The van der Waals surface area contributed by atoms with Crippen LogP contribution in [-0.2, 0) is 9.59 Å². The minimum absolute atomic E-state index is 0.316. The Kier molecular flexibility index (Phi) is 6.58. The Bertz CT molecular complexity index is 257. The summed E-state index contributed by atoms with van der Waals surface area (Å²) >= 11 is 0. The van der Waals surface area contributed by atoms with Gasteiger partial charge in [-0.15, -0.1) is 0 Å². The van der Waals surface area contributed by atoms with E-state index in [9.17, 15) is 9.59 Å². The highest BCUT2D eigenvalue weighted by Gasteiger charge is 2.12. The molecule has 0 aromatic carbocycles. The monoisotopic (exact) mass is 212 g/mol. The summed E-state index contributed by atoms with van der Waals surface area (Å²) in [6.45, 7) is 3.76. The number of hydrogen-bond donors (Lipinski definition) is 0. The first-order chi connectivity index (χ1) is 6.99. The molecule has 0 fully saturated rings. The van der Waals surface area contributed by atoms with E-state index in [4.69, 9.17) is 0 Å². The van der Waals surface area contributed by atoms with Gasteiger partial charge in [0, 0.05) is 20.5 Å². The molecule has 0 saturated heterocycles. The Morgan fingerprint density at radius 1 is 1.20 bits per heavy atom. The van der Waals surface area contributed by atoms with Crippen LogP contribution in [0.4, 0.5) is 0 Å². The van der Waals surface area contributed by atoms with E-state index in [0.29, 0.717) is 12.3 Å². The van der Waals surface area contributed by atoms with Gasteiger partial charge in [0.05, 0.1) is 0 Å². The van der Waals surface area contributed by atoms with E-state index in [-0.39, 0.29) is 5.78 Å². The van der Waals surface area contributed by atoms with Crippen molar-refractivity contribution in [2.45, 2.75) is 39.5 Å². The average Bonchev–Trinajstić information content (AvgIpc) is 2.17. The number of carbonyl (C=O) groups is 2. The number of hydrogen-bond acceptors (Lipinski definition) is 2. The summed E-state index contributed by atoms with van der Waals surface area (Å²) in [5.41, 5.74) is 0. The molecule has 0 unspecified atom stereocenters. The maximum absolute atomic E-state index is 11.3. The van der Waals surface area contributed by atoms with E-state index in [1.165, 1.54) is 0 Å². The van der Waals surface area contributed by atoms with Crippen molar-refractivity contribution >= 4 is 17.5 Å². The molecule has 0 aliphatic rings. The average molecular weight is 212 g/mol. The third-order valence-corrected chi connectivity index (χ3v) is 2.16. The van der Waals surface area contributed by atoms with Gasteiger partial charge < -0.3 is 4.90 Å². The lowest BCUT2D eigenvalue weighted by atomic mass is 10.1. The third kappa shape index (κ3) is 5.99. The molecule has 0 N–H and O–H groups in total. The predicted molar refractivity (Wildman–Crippen MR) is 61.0 cm³/mol. The molecule has 15 heavy (non-hydrogen) atoms. The van der Waals surface area contributed by atoms with Gasteiger partial charge in [0.25, 0.3) is 0 Å². The minimum atomic E-state index is -0.627. The van der Waals surface area contributed by atoms with Crippen molar-refractivity contribution in [3.8, 4) is 0 Å². The van der Waals surface area contributed by atoms with Crippen LogP contribution in [0.5, 0.6) is 0 Å². The van der Waals surface area contributed by atoms with E-state index < -0.39 is 5.91 Å². The molecule has 0 saturated carbocycles. The Hall–Kier alpha value is -1.19. The largest absolute Gasteiger partial charge is 0.366 e. The van der Waals surface area contributed by atoms with E-state index >= 15 is 0 Å². The van der Waals surface area contributed by atoms with Crippen molar-refractivity contribution in [1.29, 1.82) is 0 Å². The summed E-state index contributed by atoms with van der Waals surface area (Å²) < 4.78 is 0.